The van der Waals surface area contributed by atoms with Crippen molar-refractivity contribution >= 4 is 5.91 Å². The van der Waals surface area contributed by atoms with Crippen LogP contribution in [-0.2, 0) is 4.79 Å². The second-order valence-corrected chi connectivity index (χ2v) is 3.21. The number of hydrogen-bond donors (Lipinski definition) is 2. The molecule has 1 unspecified atom stereocenters. The van der Waals surface area contributed by atoms with Crippen molar-refractivity contribution in [1.82, 2.24) is 10.2 Å². The zero-order valence-electron chi connectivity index (χ0n) is 7.00. The summed E-state index contributed by atoms with van der Waals surface area (Å²) in [6, 6.07) is 0. The molecule has 1 atom stereocenters. The Kier molecular flexibility index (Phi) is 1.58. The number of amides is 1. The maximum atomic E-state index is 11.4. The summed E-state index contributed by atoms with van der Waals surface area (Å²) in [7, 11) is 1.62. The fraction of sp³-hybridized carbons (Fsp3) is 0.625. The smallest absolute Gasteiger partial charge is 0.253 e. The van der Waals surface area contributed by atoms with Crippen LogP contribution in [0.2, 0.25) is 0 Å². The number of carbonyl (C=O) groups excluding carboxylic acids is 1. The third-order valence-electron chi connectivity index (χ3n) is 2.45. The van der Waals surface area contributed by atoms with Crippen LogP contribution in [-0.4, -0.2) is 35.7 Å². The average molecular weight is 168 g/mol. The maximum Gasteiger partial charge on any atom is 0.253 e. The molecule has 12 heavy (non-hydrogen) atoms. The minimum Gasteiger partial charge on any atom is -0.384 e. The first-order chi connectivity index (χ1) is 5.72. The van der Waals surface area contributed by atoms with E-state index in [-0.39, 0.29) is 5.91 Å². The third-order valence-corrected chi connectivity index (χ3v) is 2.45. The molecule has 0 bridgehead atoms. The highest BCUT2D eigenvalue weighted by Crippen LogP contribution is 2.26. The van der Waals surface area contributed by atoms with Crippen LogP contribution in [0.25, 0.3) is 0 Å². The molecule has 4 nitrogen and oxygen atoms in total. The highest BCUT2D eigenvalue weighted by molar-refractivity contribution is 5.97. The van der Waals surface area contributed by atoms with Gasteiger partial charge in [0.25, 0.3) is 5.91 Å². The molecule has 0 spiro atoms. The van der Waals surface area contributed by atoms with E-state index < -0.39 is 6.23 Å². The van der Waals surface area contributed by atoms with Gasteiger partial charge in [-0.15, -0.1) is 0 Å². The number of hydrogen-bond acceptors (Lipinski definition) is 3. The van der Waals surface area contributed by atoms with E-state index in [1.165, 1.54) is 4.90 Å². The summed E-state index contributed by atoms with van der Waals surface area (Å²) < 4.78 is 0. The number of aliphatic hydroxyl groups is 1. The summed E-state index contributed by atoms with van der Waals surface area (Å²) in [5, 5.41) is 12.6. The molecule has 0 saturated carbocycles. The Bertz CT molecular complexity index is 260. The average Bonchev–Trinajstić information content (AvgIpc) is 2.33. The van der Waals surface area contributed by atoms with Gasteiger partial charge in [-0.2, -0.15) is 0 Å². The van der Waals surface area contributed by atoms with Gasteiger partial charge in [-0.1, -0.05) is 0 Å². The lowest BCUT2D eigenvalue weighted by molar-refractivity contribution is -0.129. The third kappa shape index (κ3) is 0.845. The summed E-state index contributed by atoms with van der Waals surface area (Å²) in [5.74, 6) is -0.0373. The van der Waals surface area contributed by atoms with Crippen LogP contribution in [0.1, 0.15) is 12.8 Å². The van der Waals surface area contributed by atoms with Crippen molar-refractivity contribution in [2.45, 2.75) is 19.1 Å². The van der Waals surface area contributed by atoms with Gasteiger partial charge in [0, 0.05) is 19.2 Å². The monoisotopic (exact) mass is 168 g/mol. The molecule has 2 N–H and O–H groups in total. The summed E-state index contributed by atoms with van der Waals surface area (Å²) in [4.78, 5) is 12.8. The summed E-state index contributed by atoms with van der Waals surface area (Å²) in [5.41, 5.74) is 1.48. The van der Waals surface area contributed by atoms with Gasteiger partial charge in [0.15, 0.2) is 6.23 Å². The molecule has 0 saturated heterocycles. The van der Waals surface area contributed by atoms with Gasteiger partial charge in [0.1, 0.15) is 0 Å². The lowest BCUT2D eigenvalue weighted by atomic mass is 10.1. The minimum absolute atomic E-state index is 0.0373. The molecule has 0 radical (unpaired) electrons. The summed E-state index contributed by atoms with van der Waals surface area (Å²) >= 11 is 0. The first-order valence-corrected chi connectivity index (χ1v) is 4.14. The van der Waals surface area contributed by atoms with Crippen molar-refractivity contribution < 1.29 is 9.90 Å². The molecule has 2 aliphatic rings. The van der Waals surface area contributed by atoms with Crippen LogP contribution in [0.5, 0.6) is 0 Å². The van der Waals surface area contributed by atoms with Crippen LogP contribution < -0.4 is 5.32 Å². The van der Waals surface area contributed by atoms with Crippen molar-refractivity contribution in [2.24, 2.45) is 0 Å². The Labute approximate surface area is 70.9 Å². The van der Waals surface area contributed by atoms with Crippen molar-refractivity contribution in [3.8, 4) is 0 Å². The van der Waals surface area contributed by atoms with E-state index >= 15 is 0 Å². The predicted octanol–water partition coefficient (Wildman–Crippen LogP) is -0.586. The molecule has 2 aliphatic heterocycles. The molecular weight excluding hydrogens is 156 g/mol. The van der Waals surface area contributed by atoms with Crippen LogP contribution >= 0.6 is 0 Å². The van der Waals surface area contributed by atoms with Crippen molar-refractivity contribution in [3.63, 3.8) is 0 Å². The van der Waals surface area contributed by atoms with Gasteiger partial charge in [-0.3, -0.25) is 4.79 Å². The van der Waals surface area contributed by atoms with Crippen LogP contribution in [0, 0.1) is 0 Å². The van der Waals surface area contributed by atoms with E-state index in [0.29, 0.717) is 5.70 Å². The molecule has 2 heterocycles. The van der Waals surface area contributed by atoms with Crippen LogP contribution in [0.15, 0.2) is 11.3 Å². The zero-order valence-corrected chi connectivity index (χ0v) is 7.00. The van der Waals surface area contributed by atoms with E-state index in [1.807, 2.05) is 0 Å². The Morgan fingerprint density at radius 2 is 2.42 bits per heavy atom. The fourth-order valence-electron chi connectivity index (χ4n) is 1.72. The van der Waals surface area contributed by atoms with Crippen LogP contribution in [0.4, 0.5) is 0 Å². The van der Waals surface area contributed by atoms with Gasteiger partial charge < -0.3 is 15.3 Å². The molecule has 66 valence electrons. The van der Waals surface area contributed by atoms with Gasteiger partial charge in [0.2, 0.25) is 0 Å². The molecule has 0 aromatic carbocycles. The van der Waals surface area contributed by atoms with Crippen molar-refractivity contribution in [1.29, 1.82) is 0 Å². The van der Waals surface area contributed by atoms with E-state index in [0.717, 1.165) is 25.0 Å². The topological polar surface area (TPSA) is 52.6 Å². The predicted molar refractivity (Wildman–Crippen MR) is 43.0 cm³/mol. The molecule has 1 amide bonds. The number of nitrogens with one attached hydrogen (secondary N) is 1. The molecule has 0 aliphatic carbocycles. The standard InChI is InChI=1S/C8H12N2O2/c1-10-7(11)5-3-2-4-9-6(5)8(10)12/h8-9,12H,2-4H2,1H3. The second kappa shape index (κ2) is 2.48. The van der Waals surface area contributed by atoms with E-state index in [4.69, 9.17) is 0 Å². The Balaban J connectivity index is 2.35. The Morgan fingerprint density at radius 3 is 3.08 bits per heavy atom. The molecule has 0 aromatic rings. The largest absolute Gasteiger partial charge is 0.384 e. The summed E-state index contributed by atoms with van der Waals surface area (Å²) in [6.07, 6.45) is 1.03. The molecule has 4 heteroatoms. The quantitative estimate of drug-likeness (QED) is 0.508. The number of nitrogens with zero attached hydrogens (tertiary/aromatic N) is 1. The van der Waals surface area contributed by atoms with Gasteiger partial charge >= 0.3 is 0 Å². The highest BCUT2D eigenvalue weighted by atomic mass is 16.3. The SMILES string of the molecule is CN1C(=O)C2=C(NCCC2)C1O. The molecule has 2 rings (SSSR count). The number of likely N-dealkylation sites (N-methyl/N-ethyl adjacent to an activating group) is 1. The maximum absolute atomic E-state index is 11.4. The van der Waals surface area contributed by atoms with Crippen molar-refractivity contribution in [2.75, 3.05) is 13.6 Å². The number of aliphatic hydroxyl groups excluding tert-OH is 1. The second-order valence-electron chi connectivity index (χ2n) is 3.21. The Morgan fingerprint density at radius 1 is 1.67 bits per heavy atom. The number of rotatable bonds is 0. The summed E-state index contributed by atoms with van der Waals surface area (Å²) in [6.45, 7) is 0.858. The first-order valence-electron chi connectivity index (χ1n) is 4.14. The lowest BCUT2D eigenvalue weighted by Crippen LogP contribution is -2.34. The van der Waals surface area contributed by atoms with Gasteiger partial charge in [0.05, 0.1) is 5.70 Å². The van der Waals surface area contributed by atoms with Gasteiger partial charge in [-0.05, 0) is 12.8 Å². The molecule has 0 aromatic heterocycles. The minimum atomic E-state index is -0.743. The molecule has 0 fully saturated rings. The highest BCUT2D eigenvalue weighted by Gasteiger charge is 2.36. The normalized spacial score (nSPS) is 29.0. The van der Waals surface area contributed by atoms with E-state index in [2.05, 4.69) is 5.32 Å². The van der Waals surface area contributed by atoms with Crippen molar-refractivity contribution in [3.05, 3.63) is 11.3 Å². The van der Waals surface area contributed by atoms with E-state index in [9.17, 15) is 9.90 Å². The fourth-order valence-corrected chi connectivity index (χ4v) is 1.72. The zero-order chi connectivity index (χ0) is 8.72. The number of carbonyl (C=O) groups is 1. The lowest BCUT2D eigenvalue weighted by Gasteiger charge is -2.18. The van der Waals surface area contributed by atoms with Crippen LogP contribution in [0.3, 0.4) is 0 Å². The van der Waals surface area contributed by atoms with Gasteiger partial charge in [-0.25, -0.2) is 0 Å². The van der Waals surface area contributed by atoms with E-state index in [1.54, 1.807) is 7.05 Å². The molecular formula is C8H12N2O2. The Hall–Kier alpha value is -1.03. The first kappa shape index (κ1) is 7.61.